The van der Waals surface area contributed by atoms with Gasteiger partial charge in [-0.1, -0.05) is 120 Å². The number of hydrogen-bond donors (Lipinski definition) is 0. The van der Waals surface area contributed by atoms with E-state index in [2.05, 4.69) is 220 Å². The van der Waals surface area contributed by atoms with E-state index < -0.39 is 0 Å². The lowest BCUT2D eigenvalue weighted by molar-refractivity contribution is 1.10. The van der Waals surface area contributed by atoms with Crippen LogP contribution in [0.25, 0.3) is 110 Å². The topological polar surface area (TPSA) is 19.1 Å². The molecule has 4 heteroatoms. The fraction of sp³-hybridized carbons (Fsp3) is 0.0351. The van der Waals surface area contributed by atoms with E-state index in [9.17, 15) is 0 Å². The molecule has 0 saturated heterocycles. The second-order valence-electron chi connectivity index (χ2n) is 16.2. The van der Waals surface area contributed by atoms with Crippen molar-refractivity contribution in [1.82, 2.24) is 13.7 Å². The Morgan fingerprint density at radius 2 is 0.787 bits per heavy atom. The monoisotopic (exact) mass is 778 g/mol. The maximum atomic E-state index is 8.18. The van der Waals surface area contributed by atoms with Gasteiger partial charge in [-0.2, -0.15) is 0 Å². The van der Waals surface area contributed by atoms with Crippen molar-refractivity contribution in [3.63, 3.8) is 0 Å². The molecule has 12 aromatic rings. The molecule has 4 nitrogen and oxygen atoms in total. The number of aryl methyl sites for hydroxylation is 2. The maximum absolute atomic E-state index is 8.18. The Hall–Kier alpha value is -8.13. The number of nitrogens with zero attached hydrogens (tertiary/aromatic N) is 4. The largest absolute Gasteiger partial charge is 0.309 e. The number of fused-ring (bicyclic) bond motifs is 9. The molecule has 0 amide bonds. The van der Waals surface area contributed by atoms with Gasteiger partial charge in [-0.3, -0.25) is 0 Å². The molecule has 0 radical (unpaired) electrons. The highest BCUT2D eigenvalue weighted by atomic mass is 15.1. The van der Waals surface area contributed by atoms with Gasteiger partial charge < -0.3 is 13.7 Å². The van der Waals surface area contributed by atoms with Gasteiger partial charge in [-0.25, -0.2) is 4.85 Å². The van der Waals surface area contributed by atoms with Crippen LogP contribution < -0.4 is 0 Å². The third-order valence-electron chi connectivity index (χ3n) is 12.5. The van der Waals surface area contributed by atoms with E-state index in [1.165, 1.54) is 66.0 Å². The fourth-order valence-corrected chi connectivity index (χ4v) is 9.74. The van der Waals surface area contributed by atoms with Gasteiger partial charge in [-0.15, -0.1) is 0 Å². The molecule has 0 aliphatic carbocycles. The normalized spacial score (nSPS) is 11.8. The minimum Gasteiger partial charge on any atom is -0.309 e. The number of benzene rings is 9. The fourth-order valence-electron chi connectivity index (χ4n) is 9.74. The first kappa shape index (κ1) is 34.9. The number of hydrogen-bond acceptors (Lipinski definition) is 0. The van der Waals surface area contributed by atoms with Crippen molar-refractivity contribution in [3.05, 3.63) is 217 Å². The number of rotatable bonds is 5. The van der Waals surface area contributed by atoms with E-state index in [1.54, 1.807) is 0 Å². The molecule has 0 aliphatic heterocycles. The van der Waals surface area contributed by atoms with Crippen molar-refractivity contribution in [2.75, 3.05) is 0 Å². The Morgan fingerprint density at radius 1 is 0.328 bits per heavy atom. The van der Waals surface area contributed by atoms with E-state index in [-0.39, 0.29) is 0 Å². The quantitative estimate of drug-likeness (QED) is 0.155. The van der Waals surface area contributed by atoms with Crippen molar-refractivity contribution >= 4 is 71.1 Å². The molecule has 9 aromatic carbocycles. The van der Waals surface area contributed by atoms with E-state index in [4.69, 9.17) is 6.57 Å². The van der Waals surface area contributed by atoms with Gasteiger partial charge in [0.1, 0.15) is 0 Å². The summed E-state index contributed by atoms with van der Waals surface area (Å²) in [6.45, 7) is 12.5. The van der Waals surface area contributed by atoms with Crippen LogP contribution in [0.15, 0.2) is 194 Å². The molecule has 12 rings (SSSR count). The van der Waals surface area contributed by atoms with Crippen molar-refractivity contribution in [1.29, 1.82) is 0 Å². The summed E-state index contributed by atoms with van der Waals surface area (Å²) in [4.78, 5) is 3.98. The zero-order chi connectivity index (χ0) is 40.8. The van der Waals surface area contributed by atoms with Crippen LogP contribution >= 0.6 is 0 Å². The Kier molecular flexibility index (Phi) is 7.69. The van der Waals surface area contributed by atoms with Crippen LogP contribution in [0, 0.1) is 20.4 Å². The van der Waals surface area contributed by atoms with Gasteiger partial charge in [-0.05, 0) is 121 Å². The van der Waals surface area contributed by atoms with Crippen LogP contribution in [0.2, 0.25) is 0 Å². The minimum atomic E-state index is 0.593. The third-order valence-corrected chi connectivity index (χ3v) is 12.5. The average molecular weight is 779 g/mol. The lowest BCUT2D eigenvalue weighted by Gasteiger charge is -2.18. The Bertz CT molecular complexity index is 3620. The van der Waals surface area contributed by atoms with E-state index in [1.807, 2.05) is 6.07 Å². The first-order valence-corrected chi connectivity index (χ1v) is 20.8. The summed E-state index contributed by atoms with van der Waals surface area (Å²) in [6, 6.07) is 70.1. The van der Waals surface area contributed by atoms with Gasteiger partial charge in [0.15, 0.2) is 5.69 Å². The Labute approximate surface area is 353 Å². The zero-order valence-electron chi connectivity index (χ0n) is 33.8. The molecule has 0 bridgehead atoms. The summed E-state index contributed by atoms with van der Waals surface area (Å²) in [5, 5.41) is 7.20. The minimum absolute atomic E-state index is 0.593. The van der Waals surface area contributed by atoms with Gasteiger partial charge >= 0.3 is 0 Å². The van der Waals surface area contributed by atoms with Crippen LogP contribution in [0.3, 0.4) is 0 Å². The molecule has 0 aliphatic rings. The number of para-hydroxylation sites is 1. The second-order valence-corrected chi connectivity index (χ2v) is 16.2. The molecule has 0 saturated carbocycles. The highest BCUT2D eigenvalue weighted by Crippen LogP contribution is 2.43. The van der Waals surface area contributed by atoms with Crippen LogP contribution in [-0.2, 0) is 0 Å². The number of aromatic nitrogens is 3. The lowest BCUT2D eigenvalue weighted by atomic mass is 10.0. The predicted octanol–water partition coefficient (Wildman–Crippen LogP) is 15.5. The second kappa shape index (κ2) is 13.5. The van der Waals surface area contributed by atoms with E-state index >= 15 is 0 Å². The molecule has 61 heavy (non-hydrogen) atoms. The SMILES string of the molecule is [C-]#[N+]c1ccc(-n2c3ccc(-c4ccccc4)cc3c3cc(-c4ccccc4)ccc32)c(-n2c3ccccc3c3cc(-n4c5ccc(C)cc5c5cc(C)ccc54)ccc32)c1. The van der Waals surface area contributed by atoms with Gasteiger partial charge in [0.25, 0.3) is 0 Å². The van der Waals surface area contributed by atoms with E-state index in [0.29, 0.717) is 5.69 Å². The van der Waals surface area contributed by atoms with Crippen LogP contribution in [0.4, 0.5) is 5.69 Å². The highest BCUT2D eigenvalue weighted by Gasteiger charge is 2.22. The molecular weight excluding hydrogens is 741 g/mol. The van der Waals surface area contributed by atoms with Crippen molar-refractivity contribution in [3.8, 4) is 39.3 Å². The Balaban J connectivity index is 1.13. The molecule has 0 unspecified atom stereocenters. The molecule has 3 aromatic heterocycles. The summed E-state index contributed by atoms with van der Waals surface area (Å²) < 4.78 is 7.17. The summed E-state index contributed by atoms with van der Waals surface area (Å²) in [5.74, 6) is 0. The average Bonchev–Trinajstić information content (AvgIpc) is 3.93. The standard InChI is InChI=1S/C57H38N4/c1-36-18-24-51-45(30-36)46-31-37(2)19-25-52(46)59(51)43-23-29-55-49(35-43)44-16-10-11-17-50(44)61(55)57-34-42(58-3)22-28-56(57)60-53-26-20-40(38-12-6-4-7-13-38)32-47(53)48-33-41(21-27-54(48)60)39-14-8-5-9-15-39/h4-35H,1-2H3. The summed E-state index contributed by atoms with van der Waals surface area (Å²) in [6.07, 6.45) is 0. The molecule has 0 N–H and O–H groups in total. The highest BCUT2D eigenvalue weighted by molar-refractivity contribution is 6.14. The summed E-state index contributed by atoms with van der Waals surface area (Å²) >= 11 is 0. The molecule has 286 valence electrons. The van der Waals surface area contributed by atoms with Gasteiger partial charge in [0.2, 0.25) is 0 Å². The zero-order valence-corrected chi connectivity index (χ0v) is 33.8. The van der Waals surface area contributed by atoms with Crippen LogP contribution in [-0.4, -0.2) is 13.7 Å². The first-order chi connectivity index (χ1) is 30.0. The van der Waals surface area contributed by atoms with Crippen LogP contribution in [0.1, 0.15) is 11.1 Å². The Morgan fingerprint density at radius 3 is 1.38 bits per heavy atom. The summed E-state index contributed by atoms with van der Waals surface area (Å²) in [7, 11) is 0. The molecule has 0 atom stereocenters. The molecule has 3 heterocycles. The van der Waals surface area contributed by atoms with Crippen molar-refractivity contribution < 1.29 is 0 Å². The van der Waals surface area contributed by atoms with Crippen molar-refractivity contribution in [2.45, 2.75) is 13.8 Å². The van der Waals surface area contributed by atoms with Crippen LogP contribution in [0.5, 0.6) is 0 Å². The lowest BCUT2D eigenvalue weighted by Crippen LogP contribution is -2.03. The van der Waals surface area contributed by atoms with Crippen molar-refractivity contribution in [2.24, 2.45) is 0 Å². The first-order valence-electron chi connectivity index (χ1n) is 20.8. The predicted molar refractivity (Wildman–Crippen MR) is 256 cm³/mol. The van der Waals surface area contributed by atoms with E-state index in [0.717, 1.165) is 49.9 Å². The maximum Gasteiger partial charge on any atom is 0.189 e. The van der Waals surface area contributed by atoms with Gasteiger partial charge in [0, 0.05) is 38.0 Å². The van der Waals surface area contributed by atoms with Gasteiger partial charge in [0.05, 0.1) is 51.0 Å². The third kappa shape index (κ3) is 5.38. The summed E-state index contributed by atoms with van der Waals surface area (Å²) in [5.41, 5.74) is 17.7. The smallest absolute Gasteiger partial charge is 0.189 e. The molecule has 0 fully saturated rings. The molecular formula is C57H38N4. The molecule has 0 spiro atoms.